The molecule has 2 amide bonds. The molecule has 12 heteroatoms. The van der Waals surface area contributed by atoms with Crippen LogP contribution in [-0.2, 0) is 4.79 Å². The largest absolute Gasteiger partial charge is 0.493 e. The molecule has 0 spiro atoms. The van der Waals surface area contributed by atoms with Crippen LogP contribution in [0.15, 0.2) is 41.3 Å². The quantitative estimate of drug-likeness (QED) is 0.357. The fraction of sp³-hybridized carbons (Fsp3) is 0.176. The Morgan fingerprint density at radius 2 is 1.97 bits per heavy atom. The highest BCUT2D eigenvalue weighted by Crippen LogP contribution is 2.32. The molecule has 0 aliphatic heterocycles. The number of amides is 2. The number of benzene rings is 2. The van der Waals surface area contributed by atoms with Crippen molar-refractivity contribution in [3.05, 3.63) is 52.1 Å². The van der Waals surface area contributed by atoms with E-state index in [1.54, 1.807) is 0 Å². The summed E-state index contributed by atoms with van der Waals surface area (Å²) < 4.78 is 34.2. The number of methoxy groups -OCH3 is 1. The molecule has 154 valence electrons. The molecule has 9 nitrogen and oxygen atoms in total. The zero-order valence-corrected chi connectivity index (χ0v) is 15.7. The molecule has 0 aliphatic rings. The van der Waals surface area contributed by atoms with Crippen LogP contribution in [0.2, 0.25) is 0 Å². The number of carbonyl (C=O) groups excluding carboxylic acids is 2. The number of hydrogen-bond acceptors (Lipinski definition) is 7. The Hall–Kier alpha value is -3.41. The first-order valence-corrected chi connectivity index (χ1v) is 8.83. The molecule has 0 saturated heterocycles. The lowest BCUT2D eigenvalue weighted by atomic mass is 10.2. The van der Waals surface area contributed by atoms with Crippen LogP contribution >= 0.6 is 11.8 Å². The molecule has 0 heterocycles. The number of primary amides is 1. The zero-order valence-electron chi connectivity index (χ0n) is 14.9. The number of nitro groups is 1. The van der Waals surface area contributed by atoms with Crippen LogP contribution in [0.5, 0.6) is 11.5 Å². The van der Waals surface area contributed by atoms with E-state index in [-0.39, 0.29) is 39.1 Å². The lowest BCUT2D eigenvalue weighted by Gasteiger charge is -2.12. The van der Waals surface area contributed by atoms with Gasteiger partial charge < -0.3 is 20.5 Å². The van der Waals surface area contributed by atoms with Crippen LogP contribution < -0.4 is 20.5 Å². The minimum atomic E-state index is -3.07. The number of anilines is 1. The second-order valence-electron chi connectivity index (χ2n) is 5.38. The number of carbonyl (C=O) groups is 2. The van der Waals surface area contributed by atoms with Crippen molar-refractivity contribution in [3.8, 4) is 11.5 Å². The minimum absolute atomic E-state index is 0.0321. The second-order valence-corrected chi connectivity index (χ2v) is 6.40. The molecular weight excluding hydrogens is 412 g/mol. The zero-order chi connectivity index (χ0) is 21.6. The van der Waals surface area contributed by atoms with E-state index in [1.807, 2.05) is 0 Å². The monoisotopic (exact) mass is 427 g/mol. The molecule has 0 unspecified atom stereocenters. The summed E-state index contributed by atoms with van der Waals surface area (Å²) >= 11 is 0.864. The Kier molecular flexibility index (Phi) is 7.31. The number of thioether (sulfide) groups is 1. The number of rotatable bonds is 9. The van der Waals surface area contributed by atoms with Crippen LogP contribution in [0.25, 0.3) is 0 Å². The molecule has 0 fully saturated rings. The average Bonchev–Trinajstić information content (AvgIpc) is 2.65. The molecule has 29 heavy (non-hydrogen) atoms. The Labute approximate surface area is 167 Å². The van der Waals surface area contributed by atoms with E-state index >= 15 is 0 Å². The summed E-state index contributed by atoms with van der Waals surface area (Å²) in [6.45, 7) is -3.07. The highest BCUT2D eigenvalue weighted by atomic mass is 32.2. The number of alkyl halides is 2. The Morgan fingerprint density at radius 1 is 1.24 bits per heavy atom. The van der Waals surface area contributed by atoms with Gasteiger partial charge in [-0.1, -0.05) is 0 Å². The lowest BCUT2D eigenvalue weighted by molar-refractivity contribution is -0.387. The van der Waals surface area contributed by atoms with Gasteiger partial charge in [-0.05, 0) is 24.3 Å². The first-order valence-electron chi connectivity index (χ1n) is 7.85. The highest BCUT2D eigenvalue weighted by molar-refractivity contribution is 8.00. The van der Waals surface area contributed by atoms with Crippen molar-refractivity contribution in [1.29, 1.82) is 0 Å². The van der Waals surface area contributed by atoms with Gasteiger partial charge in [0.15, 0.2) is 11.5 Å². The van der Waals surface area contributed by atoms with Crippen LogP contribution in [-0.4, -0.2) is 36.2 Å². The molecule has 0 saturated carbocycles. The molecule has 3 N–H and O–H groups in total. The first-order chi connectivity index (χ1) is 13.7. The van der Waals surface area contributed by atoms with Crippen LogP contribution in [0.3, 0.4) is 0 Å². The van der Waals surface area contributed by atoms with Crippen molar-refractivity contribution < 1.29 is 32.8 Å². The first kappa shape index (κ1) is 21.9. The van der Waals surface area contributed by atoms with Crippen molar-refractivity contribution in [1.82, 2.24) is 0 Å². The number of ether oxygens (including phenoxy) is 2. The maximum atomic E-state index is 12.5. The summed E-state index contributed by atoms with van der Waals surface area (Å²) in [4.78, 5) is 33.9. The van der Waals surface area contributed by atoms with Crippen molar-refractivity contribution >= 4 is 35.0 Å². The molecular formula is C17H15F2N3O6S. The van der Waals surface area contributed by atoms with Crippen molar-refractivity contribution in [2.75, 3.05) is 18.2 Å². The van der Waals surface area contributed by atoms with Crippen molar-refractivity contribution in [2.45, 2.75) is 11.5 Å². The summed E-state index contributed by atoms with van der Waals surface area (Å²) in [7, 11) is 1.28. The van der Waals surface area contributed by atoms with Gasteiger partial charge in [0.2, 0.25) is 11.8 Å². The third-order valence-corrected chi connectivity index (χ3v) is 4.53. The second kappa shape index (κ2) is 9.68. The van der Waals surface area contributed by atoms with E-state index in [1.165, 1.54) is 31.4 Å². The molecule has 2 aromatic carbocycles. The van der Waals surface area contributed by atoms with Gasteiger partial charge in [-0.15, -0.1) is 11.8 Å². The van der Waals surface area contributed by atoms with E-state index in [0.717, 1.165) is 23.9 Å². The fourth-order valence-electron chi connectivity index (χ4n) is 2.22. The fourth-order valence-corrected chi connectivity index (χ4v) is 3.02. The van der Waals surface area contributed by atoms with Gasteiger partial charge in [0, 0.05) is 23.4 Å². The van der Waals surface area contributed by atoms with Crippen molar-refractivity contribution in [2.24, 2.45) is 5.73 Å². The topological polar surface area (TPSA) is 134 Å². The van der Waals surface area contributed by atoms with Gasteiger partial charge in [-0.3, -0.25) is 19.7 Å². The average molecular weight is 427 g/mol. The Balaban J connectivity index is 2.09. The van der Waals surface area contributed by atoms with Crippen molar-refractivity contribution in [3.63, 3.8) is 0 Å². The van der Waals surface area contributed by atoms with Gasteiger partial charge >= 0.3 is 6.61 Å². The predicted octanol–water partition coefficient (Wildman–Crippen LogP) is 3.03. The number of nitrogens with two attached hydrogens (primary N) is 1. The molecule has 0 aromatic heterocycles. The number of nitro benzene ring substituents is 1. The SMILES string of the molecule is COc1ccc(NC(=O)CSc2ccc(C(N)=O)cc2[N+](=O)[O-])cc1OC(F)F. The van der Waals surface area contributed by atoms with E-state index in [0.29, 0.717) is 0 Å². The normalized spacial score (nSPS) is 10.5. The van der Waals surface area contributed by atoms with Gasteiger partial charge in [0.25, 0.3) is 5.69 Å². The van der Waals surface area contributed by atoms with Crippen LogP contribution in [0.1, 0.15) is 10.4 Å². The molecule has 2 aromatic rings. The van der Waals surface area contributed by atoms with Crippen LogP contribution in [0.4, 0.5) is 20.2 Å². The summed E-state index contributed by atoms with van der Waals surface area (Å²) in [5.74, 6) is -1.78. The maximum Gasteiger partial charge on any atom is 0.387 e. The summed E-state index contributed by atoms with van der Waals surface area (Å²) in [6, 6.07) is 7.58. The van der Waals surface area contributed by atoms with E-state index in [4.69, 9.17) is 10.5 Å². The molecule has 0 bridgehead atoms. The van der Waals surface area contributed by atoms with Gasteiger partial charge in [-0.25, -0.2) is 0 Å². The van der Waals surface area contributed by atoms with E-state index in [9.17, 15) is 28.5 Å². The maximum absolute atomic E-state index is 12.5. The number of nitrogens with one attached hydrogen (secondary N) is 1. The smallest absolute Gasteiger partial charge is 0.387 e. The van der Waals surface area contributed by atoms with Gasteiger partial charge in [0.1, 0.15) is 0 Å². The minimum Gasteiger partial charge on any atom is -0.493 e. The number of hydrogen-bond donors (Lipinski definition) is 2. The molecule has 0 aliphatic carbocycles. The summed E-state index contributed by atoms with van der Waals surface area (Å²) in [5, 5.41) is 13.6. The number of halogens is 2. The lowest BCUT2D eigenvalue weighted by Crippen LogP contribution is -2.15. The van der Waals surface area contributed by atoms with Crippen LogP contribution in [0, 0.1) is 10.1 Å². The third-order valence-electron chi connectivity index (χ3n) is 3.46. The van der Waals surface area contributed by atoms with Gasteiger partial charge in [0.05, 0.1) is 22.7 Å². The standard InChI is InChI=1S/C17H15F2N3O6S/c1-27-12-4-3-10(7-13(12)28-17(18)19)21-15(23)8-29-14-5-2-9(16(20)24)6-11(14)22(25)26/h2-7,17H,8H2,1H3,(H2,20,24)(H,21,23). The predicted molar refractivity (Wildman–Crippen MR) is 101 cm³/mol. The van der Waals surface area contributed by atoms with Gasteiger partial charge in [-0.2, -0.15) is 8.78 Å². The highest BCUT2D eigenvalue weighted by Gasteiger charge is 2.18. The molecule has 0 atom stereocenters. The number of nitrogens with zero attached hydrogens (tertiary/aromatic N) is 1. The summed E-state index contributed by atoms with van der Waals surface area (Å²) in [5.41, 5.74) is 4.88. The Bertz CT molecular complexity index is 941. The third kappa shape index (κ3) is 6.04. The van der Waals surface area contributed by atoms with E-state index < -0.39 is 23.3 Å². The Morgan fingerprint density at radius 3 is 2.55 bits per heavy atom. The molecule has 0 radical (unpaired) electrons. The molecule has 2 rings (SSSR count). The summed E-state index contributed by atoms with van der Waals surface area (Å²) in [6.07, 6.45) is 0. The van der Waals surface area contributed by atoms with E-state index in [2.05, 4.69) is 10.1 Å².